The van der Waals surface area contributed by atoms with Gasteiger partial charge in [0.05, 0.1) is 13.2 Å². The van der Waals surface area contributed by atoms with Gasteiger partial charge >= 0.3 is 0 Å². The van der Waals surface area contributed by atoms with E-state index in [-0.39, 0.29) is 16.6 Å². The molecule has 2 fully saturated rings. The molecule has 2 bridgehead atoms. The van der Waals surface area contributed by atoms with Crippen molar-refractivity contribution in [3.63, 3.8) is 0 Å². The van der Waals surface area contributed by atoms with Gasteiger partial charge in [-0.25, -0.2) is 0 Å². The molecule has 3 unspecified atom stereocenters. The van der Waals surface area contributed by atoms with Gasteiger partial charge in [-0.1, -0.05) is 32.1 Å². The molecule has 1 saturated carbocycles. The van der Waals surface area contributed by atoms with Crippen molar-refractivity contribution in [1.29, 1.82) is 0 Å². The van der Waals surface area contributed by atoms with Gasteiger partial charge in [-0.2, -0.15) is 0 Å². The summed E-state index contributed by atoms with van der Waals surface area (Å²) in [5.74, 6) is 0.207. The lowest BCUT2D eigenvalue weighted by Gasteiger charge is -2.44. The second-order valence-electron chi connectivity index (χ2n) is 5.73. The molecule has 0 N–H and O–H groups in total. The van der Waals surface area contributed by atoms with Gasteiger partial charge in [-0.15, -0.1) is 6.58 Å². The SMILES string of the molecule is C=CCC1(C)C2C=CC1(C)C1(C2)OCCO1. The highest BCUT2D eigenvalue weighted by Gasteiger charge is 2.70. The van der Waals surface area contributed by atoms with Crippen LogP contribution in [0, 0.1) is 16.7 Å². The van der Waals surface area contributed by atoms with E-state index in [0.717, 1.165) is 26.1 Å². The average Bonchev–Trinajstić information content (AvgIpc) is 2.84. The Morgan fingerprint density at radius 1 is 1.38 bits per heavy atom. The van der Waals surface area contributed by atoms with Gasteiger partial charge in [0.2, 0.25) is 0 Å². The van der Waals surface area contributed by atoms with E-state index in [4.69, 9.17) is 9.47 Å². The van der Waals surface area contributed by atoms with Crippen LogP contribution in [0.2, 0.25) is 0 Å². The van der Waals surface area contributed by atoms with Crippen LogP contribution in [-0.2, 0) is 9.47 Å². The first-order valence-corrected chi connectivity index (χ1v) is 6.16. The molecule has 2 nitrogen and oxygen atoms in total. The van der Waals surface area contributed by atoms with E-state index in [1.54, 1.807) is 0 Å². The van der Waals surface area contributed by atoms with Crippen LogP contribution >= 0.6 is 0 Å². The fraction of sp³-hybridized carbons (Fsp3) is 0.714. The molecule has 3 aliphatic rings. The predicted molar refractivity (Wildman–Crippen MR) is 62.9 cm³/mol. The molecule has 1 spiro atoms. The molecular formula is C14H20O2. The molecule has 16 heavy (non-hydrogen) atoms. The molecule has 2 heteroatoms. The molecule has 1 saturated heterocycles. The van der Waals surface area contributed by atoms with Crippen molar-refractivity contribution >= 4 is 0 Å². The number of hydrogen-bond donors (Lipinski definition) is 0. The average molecular weight is 220 g/mol. The smallest absolute Gasteiger partial charge is 0.178 e. The molecule has 2 aliphatic carbocycles. The van der Waals surface area contributed by atoms with Gasteiger partial charge in [-0.05, 0) is 17.8 Å². The Balaban J connectivity index is 2.05. The van der Waals surface area contributed by atoms with Crippen LogP contribution in [0.15, 0.2) is 24.8 Å². The summed E-state index contributed by atoms with van der Waals surface area (Å²) in [5.41, 5.74) is 0.203. The zero-order valence-corrected chi connectivity index (χ0v) is 10.2. The number of allylic oxidation sites excluding steroid dienone is 2. The highest BCUT2D eigenvalue weighted by molar-refractivity contribution is 5.30. The lowest BCUT2D eigenvalue weighted by molar-refractivity contribution is -0.217. The summed E-state index contributed by atoms with van der Waals surface area (Å²) in [6.45, 7) is 10.0. The van der Waals surface area contributed by atoms with Crippen molar-refractivity contribution in [2.75, 3.05) is 13.2 Å². The normalized spacial score (nSPS) is 48.0. The maximum Gasteiger partial charge on any atom is 0.178 e. The van der Waals surface area contributed by atoms with E-state index in [1.165, 1.54) is 0 Å². The molecular weight excluding hydrogens is 200 g/mol. The van der Waals surface area contributed by atoms with Crippen LogP contribution in [0.3, 0.4) is 0 Å². The molecule has 0 aromatic carbocycles. The van der Waals surface area contributed by atoms with Gasteiger partial charge in [0.25, 0.3) is 0 Å². The van der Waals surface area contributed by atoms with Crippen molar-refractivity contribution in [3.05, 3.63) is 24.8 Å². The van der Waals surface area contributed by atoms with Gasteiger partial charge < -0.3 is 9.47 Å². The van der Waals surface area contributed by atoms with E-state index >= 15 is 0 Å². The van der Waals surface area contributed by atoms with Crippen LogP contribution in [0.1, 0.15) is 26.7 Å². The maximum atomic E-state index is 5.97. The first kappa shape index (κ1) is 10.5. The Kier molecular flexibility index (Phi) is 1.97. The zero-order valence-electron chi connectivity index (χ0n) is 10.2. The summed E-state index contributed by atoms with van der Waals surface area (Å²) in [6, 6.07) is 0. The highest BCUT2D eigenvalue weighted by Crippen LogP contribution is 2.69. The molecule has 0 aromatic heterocycles. The predicted octanol–water partition coefficient (Wildman–Crippen LogP) is 2.91. The van der Waals surface area contributed by atoms with Crippen molar-refractivity contribution in [2.24, 2.45) is 16.7 Å². The van der Waals surface area contributed by atoms with Crippen molar-refractivity contribution in [3.8, 4) is 0 Å². The van der Waals surface area contributed by atoms with E-state index in [0.29, 0.717) is 5.92 Å². The third-order valence-corrected chi connectivity index (χ3v) is 5.27. The summed E-state index contributed by atoms with van der Waals surface area (Å²) >= 11 is 0. The van der Waals surface area contributed by atoms with Gasteiger partial charge in [0, 0.05) is 11.8 Å². The lowest BCUT2D eigenvalue weighted by atomic mass is 9.65. The van der Waals surface area contributed by atoms with Gasteiger partial charge in [-0.3, -0.25) is 0 Å². The molecule has 88 valence electrons. The minimum absolute atomic E-state index is 0.00461. The van der Waals surface area contributed by atoms with Gasteiger partial charge in [0.1, 0.15) is 0 Å². The van der Waals surface area contributed by atoms with Crippen LogP contribution in [-0.4, -0.2) is 19.0 Å². The molecule has 3 rings (SSSR count). The number of ether oxygens (including phenoxy) is 2. The Morgan fingerprint density at radius 3 is 2.69 bits per heavy atom. The van der Waals surface area contributed by atoms with Crippen LogP contribution in [0.5, 0.6) is 0 Å². The largest absolute Gasteiger partial charge is 0.347 e. The number of fused-ring (bicyclic) bond motifs is 3. The molecule has 0 amide bonds. The van der Waals surface area contributed by atoms with Crippen molar-refractivity contribution in [1.82, 2.24) is 0 Å². The topological polar surface area (TPSA) is 18.5 Å². The maximum absolute atomic E-state index is 5.97. The highest BCUT2D eigenvalue weighted by atomic mass is 16.7. The fourth-order valence-corrected chi connectivity index (χ4v) is 3.99. The molecule has 1 aliphatic heterocycles. The minimum Gasteiger partial charge on any atom is -0.347 e. The summed E-state index contributed by atoms with van der Waals surface area (Å²) in [7, 11) is 0. The second kappa shape index (κ2) is 2.99. The van der Waals surface area contributed by atoms with Crippen molar-refractivity contribution < 1.29 is 9.47 Å². The number of hydrogen-bond acceptors (Lipinski definition) is 2. The zero-order chi connectivity index (χ0) is 11.4. The quantitative estimate of drug-likeness (QED) is 0.666. The summed E-state index contributed by atoms with van der Waals surface area (Å²) in [4.78, 5) is 0. The lowest BCUT2D eigenvalue weighted by Crippen LogP contribution is -2.47. The van der Waals surface area contributed by atoms with Crippen LogP contribution in [0.25, 0.3) is 0 Å². The van der Waals surface area contributed by atoms with Crippen molar-refractivity contribution in [2.45, 2.75) is 32.5 Å². The third-order valence-electron chi connectivity index (χ3n) is 5.27. The van der Waals surface area contributed by atoms with E-state index in [1.807, 2.05) is 6.08 Å². The van der Waals surface area contributed by atoms with Gasteiger partial charge in [0.15, 0.2) is 5.79 Å². The Morgan fingerprint density at radius 2 is 2.06 bits per heavy atom. The molecule has 1 heterocycles. The monoisotopic (exact) mass is 220 g/mol. The van der Waals surface area contributed by atoms with Crippen LogP contribution < -0.4 is 0 Å². The molecule has 3 atom stereocenters. The summed E-state index contributed by atoms with van der Waals surface area (Å²) < 4.78 is 11.9. The minimum atomic E-state index is -0.357. The first-order chi connectivity index (χ1) is 7.58. The van der Waals surface area contributed by atoms with E-state index in [9.17, 15) is 0 Å². The third kappa shape index (κ3) is 0.917. The van der Waals surface area contributed by atoms with E-state index < -0.39 is 0 Å². The Labute approximate surface area is 97.3 Å². The van der Waals surface area contributed by atoms with Crippen LogP contribution in [0.4, 0.5) is 0 Å². The second-order valence-corrected chi connectivity index (χ2v) is 5.73. The first-order valence-electron chi connectivity index (χ1n) is 6.16. The summed E-state index contributed by atoms with van der Waals surface area (Å²) in [6.07, 6.45) is 8.72. The number of rotatable bonds is 2. The Hall–Kier alpha value is -0.600. The standard InChI is InChI=1S/C14H20O2/c1-4-6-12(2)11-5-7-13(12,3)14(10-11)15-8-9-16-14/h4-5,7,11H,1,6,8-10H2,2-3H3. The molecule has 0 radical (unpaired) electrons. The Bertz CT molecular complexity index is 354. The van der Waals surface area contributed by atoms with E-state index in [2.05, 4.69) is 32.6 Å². The molecule has 0 aromatic rings. The fourth-order valence-electron chi connectivity index (χ4n) is 3.99. The summed E-state index contributed by atoms with van der Waals surface area (Å²) in [5, 5.41) is 0.